The number of rotatable bonds is 5. The molecule has 0 spiro atoms. The highest BCUT2D eigenvalue weighted by Crippen LogP contribution is 2.40. The molecule has 0 radical (unpaired) electrons. The molecule has 0 bridgehead atoms. The monoisotopic (exact) mass is 310 g/mol. The van der Waals surface area contributed by atoms with E-state index in [1.165, 1.54) is 30.4 Å². The highest BCUT2D eigenvalue weighted by molar-refractivity contribution is 9.09. The fourth-order valence-corrected chi connectivity index (χ4v) is 3.73. The van der Waals surface area contributed by atoms with Gasteiger partial charge in [-0.25, -0.2) is 0 Å². The van der Waals surface area contributed by atoms with E-state index >= 15 is 0 Å². The second-order valence-corrected chi connectivity index (χ2v) is 6.15. The molecular weight excluding hydrogens is 288 g/mol. The lowest BCUT2D eigenvalue weighted by atomic mass is 9.91. The van der Waals surface area contributed by atoms with Gasteiger partial charge >= 0.3 is 0 Å². The van der Waals surface area contributed by atoms with Crippen LogP contribution in [0.25, 0.3) is 0 Å². The topological polar surface area (TPSA) is 9.23 Å². The molecule has 2 heteroatoms. The van der Waals surface area contributed by atoms with Crippen LogP contribution in [-0.4, -0.2) is 12.7 Å². The Kier molecular flexibility index (Phi) is 5.25. The van der Waals surface area contributed by atoms with Gasteiger partial charge in [0, 0.05) is 17.4 Å². The molecule has 0 N–H and O–H groups in total. The van der Waals surface area contributed by atoms with Gasteiger partial charge in [-0.05, 0) is 30.4 Å². The summed E-state index contributed by atoms with van der Waals surface area (Å²) in [5, 5.41) is 0. The zero-order valence-corrected chi connectivity index (χ0v) is 12.9. The summed E-state index contributed by atoms with van der Waals surface area (Å²) in [6, 6.07) is 9.08. The van der Waals surface area contributed by atoms with Crippen LogP contribution in [0.2, 0.25) is 0 Å². The van der Waals surface area contributed by atoms with Crippen LogP contribution in [-0.2, 0) is 11.2 Å². The summed E-state index contributed by atoms with van der Waals surface area (Å²) in [5.74, 6) is 0.618. The molecule has 3 unspecified atom stereocenters. The lowest BCUT2D eigenvalue weighted by Gasteiger charge is -2.23. The van der Waals surface area contributed by atoms with Gasteiger partial charge in [-0.3, -0.25) is 0 Å². The number of aryl methyl sites for hydroxylation is 1. The van der Waals surface area contributed by atoms with Crippen molar-refractivity contribution in [2.45, 2.75) is 50.5 Å². The van der Waals surface area contributed by atoms with Crippen molar-refractivity contribution in [2.24, 2.45) is 5.92 Å². The Hall–Kier alpha value is -0.340. The van der Waals surface area contributed by atoms with Crippen molar-refractivity contribution in [1.82, 2.24) is 0 Å². The van der Waals surface area contributed by atoms with Crippen molar-refractivity contribution in [1.29, 1.82) is 0 Å². The molecule has 1 saturated heterocycles. The minimum Gasteiger partial charge on any atom is -0.378 e. The van der Waals surface area contributed by atoms with E-state index in [1.54, 1.807) is 0 Å². The standard InChI is InChI=1S/C16H23BrO/c1-3-5-12-6-8-13(9-7-12)16(17)14-10-11-18-15(14)4-2/h6-9,14-16H,3-5,10-11H2,1-2H3. The Labute approximate surface area is 119 Å². The molecule has 1 heterocycles. The first-order valence-electron chi connectivity index (χ1n) is 7.10. The average Bonchev–Trinajstić information content (AvgIpc) is 2.87. The number of alkyl halides is 1. The molecule has 1 aliphatic rings. The largest absolute Gasteiger partial charge is 0.378 e. The van der Waals surface area contributed by atoms with Crippen LogP contribution in [0.1, 0.15) is 49.1 Å². The van der Waals surface area contributed by atoms with Gasteiger partial charge in [-0.15, -0.1) is 0 Å². The molecular formula is C16H23BrO. The van der Waals surface area contributed by atoms with Gasteiger partial charge in [0.15, 0.2) is 0 Å². The second-order valence-electron chi connectivity index (χ2n) is 5.16. The highest BCUT2D eigenvalue weighted by atomic mass is 79.9. The predicted octanol–water partition coefficient (Wildman–Crippen LogP) is 4.89. The van der Waals surface area contributed by atoms with Crippen LogP contribution in [0.5, 0.6) is 0 Å². The third-order valence-electron chi connectivity index (χ3n) is 3.88. The first kappa shape index (κ1) is 14.1. The Balaban J connectivity index is 2.05. The summed E-state index contributed by atoms with van der Waals surface area (Å²) < 4.78 is 5.79. The molecule has 100 valence electrons. The van der Waals surface area contributed by atoms with Gasteiger partial charge in [0.05, 0.1) is 6.10 Å². The van der Waals surface area contributed by atoms with E-state index < -0.39 is 0 Å². The Morgan fingerprint density at radius 2 is 2.00 bits per heavy atom. The summed E-state index contributed by atoms with van der Waals surface area (Å²) in [7, 11) is 0. The maximum Gasteiger partial charge on any atom is 0.0615 e. The fourth-order valence-electron chi connectivity index (χ4n) is 2.82. The average molecular weight is 311 g/mol. The van der Waals surface area contributed by atoms with E-state index in [9.17, 15) is 0 Å². The second kappa shape index (κ2) is 6.72. The number of hydrogen-bond acceptors (Lipinski definition) is 1. The van der Waals surface area contributed by atoms with E-state index in [2.05, 4.69) is 54.0 Å². The van der Waals surface area contributed by atoms with Crippen molar-refractivity contribution in [2.75, 3.05) is 6.61 Å². The van der Waals surface area contributed by atoms with Gasteiger partial charge in [-0.2, -0.15) is 0 Å². The van der Waals surface area contributed by atoms with Crippen LogP contribution in [0.4, 0.5) is 0 Å². The fraction of sp³-hybridized carbons (Fsp3) is 0.625. The van der Waals surface area contributed by atoms with Crippen LogP contribution < -0.4 is 0 Å². The van der Waals surface area contributed by atoms with Gasteiger partial charge < -0.3 is 4.74 Å². The van der Waals surface area contributed by atoms with Crippen molar-refractivity contribution in [3.8, 4) is 0 Å². The number of benzene rings is 1. The molecule has 1 aromatic rings. The van der Waals surface area contributed by atoms with Crippen molar-refractivity contribution >= 4 is 15.9 Å². The van der Waals surface area contributed by atoms with Crippen LogP contribution in [0.15, 0.2) is 24.3 Å². The quantitative estimate of drug-likeness (QED) is 0.704. The van der Waals surface area contributed by atoms with Gasteiger partial charge in [0.2, 0.25) is 0 Å². The molecule has 1 aromatic carbocycles. The Morgan fingerprint density at radius 3 is 2.61 bits per heavy atom. The first-order chi connectivity index (χ1) is 8.76. The highest BCUT2D eigenvalue weighted by Gasteiger charge is 2.32. The Morgan fingerprint density at radius 1 is 1.28 bits per heavy atom. The molecule has 0 aliphatic carbocycles. The maximum absolute atomic E-state index is 5.79. The number of hydrogen-bond donors (Lipinski definition) is 0. The lowest BCUT2D eigenvalue weighted by molar-refractivity contribution is 0.0873. The van der Waals surface area contributed by atoms with E-state index in [0.29, 0.717) is 16.8 Å². The summed E-state index contributed by atoms with van der Waals surface area (Å²) in [6.45, 7) is 5.36. The number of ether oxygens (including phenoxy) is 1. The molecule has 3 atom stereocenters. The van der Waals surface area contributed by atoms with Gasteiger partial charge in [0.1, 0.15) is 0 Å². The predicted molar refractivity (Wildman–Crippen MR) is 80.2 cm³/mol. The van der Waals surface area contributed by atoms with Gasteiger partial charge in [-0.1, -0.05) is 60.5 Å². The number of halogens is 1. The zero-order chi connectivity index (χ0) is 13.0. The summed E-state index contributed by atoms with van der Waals surface area (Å²) >= 11 is 3.88. The summed E-state index contributed by atoms with van der Waals surface area (Å²) in [6.07, 6.45) is 5.10. The third-order valence-corrected chi connectivity index (χ3v) is 5.08. The van der Waals surface area contributed by atoms with Crippen molar-refractivity contribution < 1.29 is 4.74 Å². The minimum absolute atomic E-state index is 0.421. The molecule has 0 amide bonds. The van der Waals surface area contributed by atoms with Crippen LogP contribution >= 0.6 is 15.9 Å². The Bertz CT molecular complexity index is 360. The lowest BCUT2D eigenvalue weighted by Crippen LogP contribution is -2.18. The van der Waals surface area contributed by atoms with Crippen LogP contribution in [0.3, 0.4) is 0 Å². The smallest absolute Gasteiger partial charge is 0.0615 e. The summed E-state index contributed by atoms with van der Waals surface area (Å²) in [5.41, 5.74) is 2.83. The third kappa shape index (κ3) is 3.16. The molecule has 1 nitrogen and oxygen atoms in total. The minimum atomic E-state index is 0.421. The zero-order valence-electron chi connectivity index (χ0n) is 11.4. The molecule has 0 saturated carbocycles. The molecule has 1 aliphatic heterocycles. The van der Waals surface area contributed by atoms with E-state index in [0.717, 1.165) is 13.0 Å². The summed E-state index contributed by atoms with van der Waals surface area (Å²) in [4.78, 5) is 0.431. The van der Waals surface area contributed by atoms with E-state index in [-0.39, 0.29) is 0 Å². The normalized spacial score (nSPS) is 25.3. The molecule has 18 heavy (non-hydrogen) atoms. The van der Waals surface area contributed by atoms with Crippen LogP contribution in [0, 0.1) is 5.92 Å². The molecule has 2 rings (SSSR count). The van der Waals surface area contributed by atoms with Crippen molar-refractivity contribution in [3.05, 3.63) is 35.4 Å². The molecule has 0 aromatic heterocycles. The van der Waals surface area contributed by atoms with Gasteiger partial charge in [0.25, 0.3) is 0 Å². The van der Waals surface area contributed by atoms with E-state index in [4.69, 9.17) is 4.74 Å². The molecule has 1 fully saturated rings. The van der Waals surface area contributed by atoms with E-state index in [1.807, 2.05) is 0 Å². The SMILES string of the molecule is CCCc1ccc(C(Br)C2CCOC2CC)cc1. The first-order valence-corrected chi connectivity index (χ1v) is 8.02. The van der Waals surface area contributed by atoms with Crippen molar-refractivity contribution in [3.63, 3.8) is 0 Å². The maximum atomic E-state index is 5.79.